The zero-order valence-electron chi connectivity index (χ0n) is 21.0. The minimum atomic E-state index is -4.25. The largest absolute Gasteiger partial charge is 0.468 e. The molecule has 1 saturated heterocycles. The Hall–Kier alpha value is -3.75. The van der Waals surface area contributed by atoms with E-state index < -0.39 is 39.5 Å². The maximum Gasteiger partial charge on any atom is 0.325 e. The highest BCUT2D eigenvalue weighted by Crippen LogP contribution is 2.56. The minimum absolute atomic E-state index is 0.0374. The summed E-state index contributed by atoms with van der Waals surface area (Å²) in [6.07, 6.45) is -0.204. The van der Waals surface area contributed by atoms with Gasteiger partial charge in [0.2, 0.25) is 10.0 Å². The van der Waals surface area contributed by atoms with Crippen LogP contribution in [-0.2, 0) is 29.1 Å². The summed E-state index contributed by atoms with van der Waals surface area (Å²) in [6.45, 7) is 6.09. The Kier molecular flexibility index (Phi) is 7.34. The second-order valence-electron chi connectivity index (χ2n) is 9.03. The number of ether oxygens (including phenoxy) is 2. The van der Waals surface area contributed by atoms with E-state index in [1.807, 2.05) is 37.3 Å². The van der Waals surface area contributed by atoms with Gasteiger partial charge in [0.15, 0.2) is 5.41 Å². The molecule has 0 bridgehead atoms. The first-order chi connectivity index (χ1) is 17.7. The number of sulfonamides is 1. The lowest BCUT2D eigenvalue weighted by molar-refractivity contribution is -0.170. The highest BCUT2D eigenvalue weighted by atomic mass is 32.2. The monoisotopic (exact) mass is 519 g/mol. The molecule has 8 heteroatoms. The molecule has 0 aliphatic carbocycles. The van der Waals surface area contributed by atoms with Gasteiger partial charge in [0.25, 0.3) is 0 Å². The van der Waals surface area contributed by atoms with E-state index in [0.717, 1.165) is 5.56 Å². The molecule has 1 heterocycles. The van der Waals surface area contributed by atoms with Gasteiger partial charge in [-0.25, -0.2) is 8.42 Å². The Bertz CT molecular complexity index is 1390. The van der Waals surface area contributed by atoms with E-state index in [2.05, 4.69) is 6.58 Å². The molecular formula is C29H29NO6S. The lowest BCUT2D eigenvalue weighted by Gasteiger charge is -2.34. The number of hydrogen-bond acceptors (Lipinski definition) is 6. The van der Waals surface area contributed by atoms with Crippen LogP contribution in [0.15, 0.2) is 96.4 Å². The van der Waals surface area contributed by atoms with Crippen molar-refractivity contribution < 1.29 is 27.5 Å². The third-order valence-corrected chi connectivity index (χ3v) is 8.79. The molecular weight excluding hydrogens is 490 g/mol. The summed E-state index contributed by atoms with van der Waals surface area (Å²) >= 11 is 0. The van der Waals surface area contributed by atoms with Crippen molar-refractivity contribution in [3.8, 4) is 0 Å². The van der Waals surface area contributed by atoms with E-state index >= 15 is 0 Å². The fraction of sp³-hybridized carbons (Fsp3) is 0.241. The summed E-state index contributed by atoms with van der Waals surface area (Å²) in [4.78, 5) is 27.0. The fourth-order valence-electron chi connectivity index (χ4n) is 5.07. The molecule has 1 aliphatic heterocycles. The third kappa shape index (κ3) is 4.47. The number of hydrogen-bond donors (Lipinski definition) is 0. The Balaban J connectivity index is 2.04. The van der Waals surface area contributed by atoms with Crippen LogP contribution in [-0.4, -0.2) is 44.9 Å². The quantitative estimate of drug-likeness (QED) is 0.336. The lowest BCUT2D eigenvalue weighted by Crippen LogP contribution is -2.47. The van der Waals surface area contributed by atoms with Gasteiger partial charge in [0.1, 0.15) is 0 Å². The number of carbonyl (C=O) groups is 2. The summed E-state index contributed by atoms with van der Waals surface area (Å²) in [5.74, 6) is -1.75. The van der Waals surface area contributed by atoms with Crippen molar-refractivity contribution in [2.75, 3.05) is 14.2 Å². The molecule has 1 aliphatic rings. The summed E-state index contributed by atoms with van der Waals surface area (Å²) in [5.41, 5.74) is 0.521. The number of rotatable bonds is 7. The number of benzene rings is 3. The van der Waals surface area contributed by atoms with Crippen molar-refractivity contribution in [1.82, 2.24) is 4.31 Å². The normalized spacial score (nSPS) is 19.2. The lowest BCUT2D eigenvalue weighted by atomic mass is 9.75. The molecule has 1 fully saturated rings. The van der Waals surface area contributed by atoms with Crippen molar-refractivity contribution in [3.05, 3.63) is 108 Å². The molecule has 192 valence electrons. The van der Waals surface area contributed by atoms with Gasteiger partial charge in [0, 0.05) is 0 Å². The van der Waals surface area contributed by atoms with Crippen LogP contribution in [0.25, 0.3) is 5.57 Å². The second-order valence-corrected chi connectivity index (χ2v) is 10.9. The number of nitrogens with zero attached hydrogens (tertiary/aromatic N) is 1. The number of aryl methyl sites for hydroxylation is 1. The number of carbonyl (C=O) groups excluding carboxylic acids is 2. The molecule has 2 atom stereocenters. The molecule has 4 rings (SSSR count). The van der Waals surface area contributed by atoms with Crippen LogP contribution in [0.4, 0.5) is 0 Å². The highest BCUT2D eigenvalue weighted by Gasteiger charge is 2.67. The Morgan fingerprint density at radius 2 is 1.38 bits per heavy atom. The van der Waals surface area contributed by atoms with Crippen molar-refractivity contribution >= 4 is 27.5 Å². The van der Waals surface area contributed by atoms with E-state index in [9.17, 15) is 18.0 Å². The molecule has 0 saturated carbocycles. The topological polar surface area (TPSA) is 90.0 Å². The molecule has 0 radical (unpaired) electrons. The third-order valence-electron chi connectivity index (χ3n) is 6.90. The second kappa shape index (κ2) is 10.3. The standard InChI is InChI=1S/C29H29NO6S/c1-20-15-17-24(18-16-20)37(33,34)30-25(21(2)22-11-7-5-8-12-22)19-29(27(31)35-3,28(32)36-4)26(30)23-13-9-6-10-14-23/h5-18,25-26H,2,19H2,1,3-4H3/t25-,26-/m1/s1. The first-order valence-corrected chi connectivity index (χ1v) is 13.2. The summed E-state index contributed by atoms with van der Waals surface area (Å²) in [5, 5.41) is 0. The van der Waals surface area contributed by atoms with E-state index in [1.54, 1.807) is 42.5 Å². The molecule has 3 aromatic carbocycles. The smallest absolute Gasteiger partial charge is 0.325 e. The molecule has 0 unspecified atom stereocenters. The predicted molar refractivity (Wildman–Crippen MR) is 140 cm³/mol. The summed E-state index contributed by atoms with van der Waals surface area (Å²) in [6, 6.07) is 22.0. The zero-order valence-corrected chi connectivity index (χ0v) is 21.8. The van der Waals surface area contributed by atoms with E-state index in [-0.39, 0.29) is 11.3 Å². The van der Waals surface area contributed by atoms with Crippen LogP contribution in [0.3, 0.4) is 0 Å². The first kappa shape index (κ1) is 26.3. The van der Waals surface area contributed by atoms with Crippen molar-refractivity contribution in [2.24, 2.45) is 5.41 Å². The maximum atomic E-state index is 14.4. The van der Waals surface area contributed by atoms with E-state index in [0.29, 0.717) is 16.7 Å². The van der Waals surface area contributed by atoms with Crippen LogP contribution >= 0.6 is 0 Å². The highest BCUT2D eigenvalue weighted by molar-refractivity contribution is 7.89. The van der Waals surface area contributed by atoms with Crippen molar-refractivity contribution in [2.45, 2.75) is 30.3 Å². The molecule has 0 aromatic heterocycles. The molecule has 0 amide bonds. The fourth-order valence-corrected chi connectivity index (χ4v) is 6.91. The molecule has 7 nitrogen and oxygen atoms in total. The first-order valence-electron chi connectivity index (χ1n) is 11.7. The average molecular weight is 520 g/mol. The minimum Gasteiger partial charge on any atom is -0.468 e. The van der Waals surface area contributed by atoms with Gasteiger partial charge in [0.05, 0.1) is 31.2 Å². The van der Waals surface area contributed by atoms with Gasteiger partial charge >= 0.3 is 11.9 Å². The van der Waals surface area contributed by atoms with Gasteiger partial charge in [-0.1, -0.05) is 84.9 Å². The number of methoxy groups -OCH3 is 2. The molecule has 37 heavy (non-hydrogen) atoms. The molecule has 3 aromatic rings. The Morgan fingerprint density at radius 1 is 0.865 bits per heavy atom. The SMILES string of the molecule is C=C(c1ccccc1)[C@H]1CC(C(=O)OC)(C(=O)OC)[C@@H](c2ccccc2)N1S(=O)(=O)c1ccc(C)cc1. The Labute approximate surface area is 217 Å². The average Bonchev–Trinajstić information content (AvgIpc) is 3.31. The van der Waals surface area contributed by atoms with Crippen LogP contribution in [0.1, 0.15) is 29.2 Å². The van der Waals surface area contributed by atoms with Crippen LogP contribution in [0.2, 0.25) is 0 Å². The molecule has 0 N–H and O–H groups in total. The maximum absolute atomic E-state index is 14.4. The zero-order chi connectivity index (χ0) is 26.8. The number of esters is 2. The van der Waals surface area contributed by atoms with Gasteiger partial charge in [-0.05, 0) is 42.2 Å². The molecule has 0 spiro atoms. The predicted octanol–water partition coefficient (Wildman–Crippen LogP) is 4.55. The van der Waals surface area contributed by atoms with Gasteiger partial charge in [-0.15, -0.1) is 0 Å². The Morgan fingerprint density at radius 3 is 1.89 bits per heavy atom. The van der Waals surface area contributed by atoms with Crippen molar-refractivity contribution in [3.63, 3.8) is 0 Å². The van der Waals surface area contributed by atoms with Crippen molar-refractivity contribution in [1.29, 1.82) is 0 Å². The van der Waals surface area contributed by atoms with E-state index in [4.69, 9.17) is 9.47 Å². The van der Waals surface area contributed by atoms with Crippen LogP contribution < -0.4 is 0 Å². The van der Waals surface area contributed by atoms with Crippen LogP contribution in [0.5, 0.6) is 0 Å². The van der Waals surface area contributed by atoms with Gasteiger partial charge in [-0.3, -0.25) is 9.59 Å². The summed E-state index contributed by atoms with van der Waals surface area (Å²) in [7, 11) is -1.90. The summed E-state index contributed by atoms with van der Waals surface area (Å²) < 4.78 is 40.2. The van der Waals surface area contributed by atoms with Gasteiger partial charge in [-0.2, -0.15) is 4.31 Å². The van der Waals surface area contributed by atoms with Gasteiger partial charge < -0.3 is 9.47 Å². The van der Waals surface area contributed by atoms with Crippen LogP contribution in [0, 0.1) is 12.3 Å². The van der Waals surface area contributed by atoms with E-state index in [1.165, 1.54) is 30.7 Å².